The van der Waals surface area contributed by atoms with Crippen LogP contribution in [-0.2, 0) is 23.9 Å². The molecule has 2 amide bonds. The summed E-state index contributed by atoms with van der Waals surface area (Å²) in [5.41, 5.74) is 13.8. The van der Waals surface area contributed by atoms with E-state index in [1.54, 1.807) is 13.8 Å². The molecule has 0 heterocycles. The lowest BCUT2D eigenvalue weighted by atomic mass is 9.49. The van der Waals surface area contributed by atoms with Gasteiger partial charge >= 0.3 is 12.2 Å². The highest BCUT2D eigenvalue weighted by atomic mass is 16.5. The lowest BCUT2D eigenvalue weighted by molar-refractivity contribution is -0.152. The molecule has 4 fully saturated rings. The monoisotopic (exact) mass is 503 g/mol. The first-order valence-electron chi connectivity index (χ1n) is 13.4. The summed E-state index contributed by atoms with van der Waals surface area (Å²) < 4.78 is 5.28. The molecule has 0 aromatic heterocycles. The van der Waals surface area contributed by atoms with Crippen molar-refractivity contribution in [3.63, 3.8) is 0 Å². The zero-order valence-corrected chi connectivity index (χ0v) is 21.5. The SMILES string of the molecule is CC(C)OC(=O)[C@H](CCC(=O)C=[N+]=[N-])NC(=O)[C@H](CCCCN)NC(=O)C12CC3CC(CC(C3)C1)C2. The van der Waals surface area contributed by atoms with Crippen LogP contribution in [0.25, 0.3) is 5.53 Å². The molecule has 0 radical (unpaired) electrons. The zero-order valence-electron chi connectivity index (χ0n) is 21.5. The van der Waals surface area contributed by atoms with E-state index in [0.717, 1.165) is 25.5 Å². The van der Waals surface area contributed by atoms with Gasteiger partial charge in [-0.3, -0.25) is 14.4 Å². The number of rotatable bonds is 14. The van der Waals surface area contributed by atoms with Crippen LogP contribution in [0.4, 0.5) is 0 Å². The van der Waals surface area contributed by atoms with Gasteiger partial charge in [-0.15, -0.1) is 0 Å². The lowest BCUT2D eigenvalue weighted by Crippen LogP contribution is -2.58. The highest BCUT2D eigenvalue weighted by molar-refractivity contribution is 6.25. The Kier molecular flexibility index (Phi) is 9.79. The van der Waals surface area contributed by atoms with E-state index < -0.39 is 41.3 Å². The Labute approximate surface area is 213 Å². The van der Waals surface area contributed by atoms with E-state index in [9.17, 15) is 19.2 Å². The van der Waals surface area contributed by atoms with Crippen molar-refractivity contribution in [3.05, 3.63) is 5.53 Å². The number of Topliss-reactive ketones (excluding diaryl/α,β-unsaturated/α-hetero) is 1. The average Bonchev–Trinajstić information content (AvgIpc) is 2.79. The summed E-state index contributed by atoms with van der Waals surface area (Å²) in [6.07, 6.45) is 8.32. The van der Waals surface area contributed by atoms with Crippen molar-refractivity contribution in [2.75, 3.05) is 6.54 Å². The van der Waals surface area contributed by atoms with Gasteiger partial charge in [-0.2, -0.15) is 4.79 Å². The molecule has 10 heteroatoms. The average molecular weight is 504 g/mol. The molecule has 36 heavy (non-hydrogen) atoms. The van der Waals surface area contributed by atoms with Crippen LogP contribution in [0.5, 0.6) is 0 Å². The fraction of sp³-hybridized carbons (Fsp3) is 0.808. The molecule has 4 N–H and O–H groups in total. The maximum absolute atomic E-state index is 13.6. The number of ketones is 1. The van der Waals surface area contributed by atoms with Gasteiger partial charge in [0.25, 0.3) is 0 Å². The normalized spacial score (nSPS) is 27.6. The molecule has 0 aromatic rings. The van der Waals surface area contributed by atoms with Gasteiger partial charge in [0.15, 0.2) is 0 Å². The highest BCUT2D eigenvalue weighted by Crippen LogP contribution is 2.60. The molecule has 4 saturated carbocycles. The zero-order chi connectivity index (χ0) is 26.3. The topological polar surface area (TPSA) is 164 Å². The van der Waals surface area contributed by atoms with Crippen LogP contribution in [0.1, 0.15) is 84.5 Å². The number of nitrogens with two attached hydrogens (primary N) is 1. The Morgan fingerprint density at radius 1 is 1.00 bits per heavy atom. The van der Waals surface area contributed by atoms with Crippen LogP contribution in [0.15, 0.2) is 0 Å². The molecule has 4 aliphatic carbocycles. The van der Waals surface area contributed by atoms with Gasteiger partial charge in [0.2, 0.25) is 17.6 Å². The van der Waals surface area contributed by atoms with Gasteiger partial charge in [-0.1, -0.05) is 0 Å². The van der Waals surface area contributed by atoms with Crippen LogP contribution >= 0.6 is 0 Å². The predicted molar refractivity (Wildman–Crippen MR) is 133 cm³/mol. The molecular weight excluding hydrogens is 462 g/mol. The van der Waals surface area contributed by atoms with E-state index in [0.29, 0.717) is 43.6 Å². The molecule has 200 valence electrons. The largest absolute Gasteiger partial charge is 0.461 e. The molecule has 4 aliphatic rings. The third kappa shape index (κ3) is 7.23. The van der Waals surface area contributed by atoms with Gasteiger partial charge in [0.1, 0.15) is 12.1 Å². The number of ether oxygens (including phenoxy) is 1. The van der Waals surface area contributed by atoms with E-state index in [4.69, 9.17) is 16.0 Å². The number of nitrogens with zero attached hydrogens (tertiary/aromatic N) is 2. The first kappa shape index (κ1) is 28.0. The van der Waals surface area contributed by atoms with Crippen molar-refractivity contribution < 1.29 is 28.7 Å². The number of hydrogen-bond acceptors (Lipinski definition) is 6. The minimum atomic E-state index is -1.07. The molecule has 0 spiro atoms. The maximum atomic E-state index is 13.6. The van der Waals surface area contributed by atoms with Gasteiger partial charge in [0.05, 0.1) is 6.10 Å². The Bertz CT molecular complexity index is 847. The van der Waals surface area contributed by atoms with E-state index >= 15 is 0 Å². The number of nitrogens with one attached hydrogen (secondary N) is 2. The number of hydrogen-bond donors (Lipinski definition) is 3. The summed E-state index contributed by atoms with van der Waals surface area (Å²) in [5, 5.41) is 5.74. The van der Waals surface area contributed by atoms with Crippen LogP contribution < -0.4 is 16.4 Å². The Balaban J connectivity index is 1.70. The van der Waals surface area contributed by atoms with Crippen molar-refractivity contribution in [2.24, 2.45) is 28.9 Å². The van der Waals surface area contributed by atoms with Crippen molar-refractivity contribution >= 4 is 29.8 Å². The molecule has 0 aliphatic heterocycles. The molecule has 0 saturated heterocycles. The minimum Gasteiger partial charge on any atom is -0.461 e. The Morgan fingerprint density at radius 2 is 1.61 bits per heavy atom. The van der Waals surface area contributed by atoms with Gasteiger partial charge < -0.3 is 26.6 Å². The van der Waals surface area contributed by atoms with Gasteiger partial charge in [-0.05, 0) is 102 Å². The van der Waals surface area contributed by atoms with E-state index in [1.807, 2.05) is 0 Å². The standard InChI is InChI=1S/C26H41N5O5/c1-16(2)36-24(34)22(7-6-20(32)15-29-28)30-23(33)21(5-3-4-8-27)31-25(35)26-12-17-9-18(13-26)11-19(10-17)14-26/h15-19,21-22H,3-14,27H2,1-2H3,(H,30,33)(H,31,35)/t17?,18?,19?,21-,22-,26?/m0/s1. The van der Waals surface area contributed by atoms with E-state index in [1.165, 1.54) is 19.3 Å². The van der Waals surface area contributed by atoms with Crippen molar-refractivity contribution in [2.45, 2.75) is 103 Å². The summed E-state index contributed by atoms with van der Waals surface area (Å²) in [5.74, 6) is 0.137. The molecule has 0 aromatic carbocycles. The second-order valence-electron chi connectivity index (χ2n) is 11.3. The quantitative estimate of drug-likeness (QED) is 0.108. The van der Waals surface area contributed by atoms with Crippen LogP contribution in [-0.4, -0.2) is 59.3 Å². The molecular formula is C26H41N5O5. The maximum Gasteiger partial charge on any atom is 0.328 e. The molecule has 4 bridgehead atoms. The molecule has 2 atom stereocenters. The highest BCUT2D eigenvalue weighted by Gasteiger charge is 2.55. The lowest BCUT2D eigenvalue weighted by Gasteiger charge is -2.55. The van der Waals surface area contributed by atoms with Gasteiger partial charge in [0, 0.05) is 11.8 Å². The molecule has 10 nitrogen and oxygen atoms in total. The number of carbonyl (C=O) groups is 4. The number of unbranched alkanes of at least 4 members (excludes halogenated alkanes) is 1. The number of esters is 1. The fourth-order valence-electron chi connectivity index (χ4n) is 6.71. The van der Waals surface area contributed by atoms with Crippen molar-refractivity contribution in [3.8, 4) is 0 Å². The summed E-state index contributed by atoms with van der Waals surface area (Å²) in [6.45, 7) is 3.87. The molecule has 0 unspecified atom stereocenters. The predicted octanol–water partition coefficient (Wildman–Crippen LogP) is 1.90. The summed E-state index contributed by atoms with van der Waals surface area (Å²) >= 11 is 0. The second-order valence-corrected chi connectivity index (χ2v) is 11.3. The third-order valence-electron chi connectivity index (χ3n) is 7.92. The fourth-order valence-corrected chi connectivity index (χ4v) is 6.71. The van der Waals surface area contributed by atoms with E-state index in [2.05, 4.69) is 15.4 Å². The first-order chi connectivity index (χ1) is 17.2. The summed E-state index contributed by atoms with van der Waals surface area (Å²) in [7, 11) is 0. The Hall–Kier alpha value is -2.58. The van der Waals surface area contributed by atoms with Crippen molar-refractivity contribution in [1.29, 1.82) is 0 Å². The summed E-state index contributed by atoms with van der Waals surface area (Å²) in [6, 6.07) is -1.87. The van der Waals surface area contributed by atoms with Crippen LogP contribution in [0.2, 0.25) is 0 Å². The van der Waals surface area contributed by atoms with Crippen molar-refractivity contribution in [1.82, 2.24) is 10.6 Å². The minimum absolute atomic E-state index is 0.0133. The number of amides is 2. The molecule has 4 rings (SSSR count). The smallest absolute Gasteiger partial charge is 0.328 e. The van der Waals surface area contributed by atoms with Crippen LogP contribution in [0.3, 0.4) is 0 Å². The van der Waals surface area contributed by atoms with Gasteiger partial charge in [-0.25, -0.2) is 4.79 Å². The van der Waals surface area contributed by atoms with E-state index in [-0.39, 0.29) is 18.7 Å². The Morgan fingerprint density at radius 3 is 2.14 bits per heavy atom. The summed E-state index contributed by atoms with van der Waals surface area (Å²) in [4.78, 5) is 54.1. The first-order valence-corrected chi connectivity index (χ1v) is 13.4. The second kappa shape index (κ2) is 12.6. The third-order valence-corrected chi connectivity index (χ3v) is 7.92. The van der Waals surface area contributed by atoms with Crippen LogP contribution in [0, 0.1) is 23.2 Å². The number of carbonyl (C=O) groups excluding carboxylic acids is 4.